The van der Waals surface area contributed by atoms with Gasteiger partial charge in [0.15, 0.2) is 5.82 Å². The van der Waals surface area contributed by atoms with Crippen molar-refractivity contribution in [2.75, 3.05) is 13.1 Å². The smallest absolute Gasteiger partial charge is 0.246 e. The quantitative estimate of drug-likeness (QED) is 0.824. The first kappa shape index (κ1) is 17.3. The fourth-order valence-electron chi connectivity index (χ4n) is 2.73. The van der Waals surface area contributed by atoms with Crippen molar-refractivity contribution in [3.8, 4) is 0 Å². The van der Waals surface area contributed by atoms with E-state index < -0.39 is 0 Å². The van der Waals surface area contributed by atoms with Gasteiger partial charge in [0.25, 0.3) is 0 Å². The second-order valence-electron chi connectivity index (χ2n) is 5.90. The Morgan fingerprint density at radius 2 is 2.24 bits per heavy atom. The molecule has 25 heavy (non-hydrogen) atoms. The summed E-state index contributed by atoms with van der Waals surface area (Å²) in [6.45, 7) is 3.15. The topological polar surface area (TPSA) is 88.3 Å². The van der Waals surface area contributed by atoms with Gasteiger partial charge in [-0.1, -0.05) is 11.2 Å². The highest BCUT2D eigenvalue weighted by Crippen LogP contribution is 2.18. The van der Waals surface area contributed by atoms with E-state index in [9.17, 15) is 9.59 Å². The highest BCUT2D eigenvalue weighted by molar-refractivity contribution is 7.10. The van der Waals surface area contributed by atoms with E-state index in [2.05, 4.69) is 15.5 Å². The largest absolute Gasteiger partial charge is 0.347 e. The molecule has 1 aliphatic rings. The van der Waals surface area contributed by atoms with E-state index in [1.54, 1.807) is 29.2 Å². The molecule has 3 rings (SSSR count). The zero-order valence-corrected chi connectivity index (χ0v) is 14.8. The van der Waals surface area contributed by atoms with Crippen LogP contribution in [0.25, 0.3) is 6.08 Å². The number of carbonyl (C=O) groups excluding carboxylic acids is 2. The molecular formula is C17H20N4O3S. The average Bonchev–Trinajstić information content (AvgIpc) is 3.29. The minimum absolute atomic E-state index is 0.00593. The lowest BCUT2D eigenvalue weighted by atomic mass is 9.96. The summed E-state index contributed by atoms with van der Waals surface area (Å²) in [6.07, 6.45) is 4.75. The minimum atomic E-state index is -0.0886. The van der Waals surface area contributed by atoms with Crippen molar-refractivity contribution >= 4 is 29.2 Å². The number of hydrogen-bond acceptors (Lipinski definition) is 6. The molecule has 8 heteroatoms. The molecule has 132 valence electrons. The van der Waals surface area contributed by atoms with Gasteiger partial charge in [-0.05, 0) is 37.3 Å². The molecule has 2 aromatic heterocycles. The molecule has 2 aromatic rings. The lowest BCUT2D eigenvalue weighted by Gasteiger charge is -2.30. The van der Waals surface area contributed by atoms with Crippen molar-refractivity contribution in [1.82, 2.24) is 20.4 Å². The monoisotopic (exact) mass is 360 g/mol. The Hall–Kier alpha value is -2.48. The van der Waals surface area contributed by atoms with E-state index in [1.165, 1.54) is 0 Å². The molecule has 1 aliphatic heterocycles. The number of hydrogen-bond donors (Lipinski definition) is 1. The maximum atomic E-state index is 12.2. The first-order chi connectivity index (χ1) is 12.1. The molecule has 0 aliphatic carbocycles. The molecule has 1 fully saturated rings. The molecule has 0 atom stereocenters. The number of likely N-dealkylation sites (tertiary alicyclic amines) is 1. The summed E-state index contributed by atoms with van der Waals surface area (Å²) in [5.74, 6) is 0.823. The maximum Gasteiger partial charge on any atom is 0.246 e. The minimum Gasteiger partial charge on any atom is -0.347 e. The highest BCUT2D eigenvalue weighted by Gasteiger charge is 2.26. The molecule has 1 N–H and O–H groups in total. The van der Waals surface area contributed by atoms with E-state index in [-0.39, 0.29) is 24.3 Å². The summed E-state index contributed by atoms with van der Waals surface area (Å²) in [5.41, 5.74) is 0. The number of thiophene rings is 1. The predicted molar refractivity (Wildman–Crippen MR) is 93.5 cm³/mol. The van der Waals surface area contributed by atoms with Crippen LogP contribution in [0.5, 0.6) is 0 Å². The lowest BCUT2D eigenvalue weighted by molar-refractivity contribution is -0.132. The van der Waals surface area contributed by atoms with Gasteiger partial charge in [0.2, 0.25) is 17.7 Å². The Balaban J connectivity index is 1.43. The number of piperidine rings is 1. The Labute approximate surface area is 149 Å². The molecule has 7 nitrogen and oxygen atoms in total. The van der Waals surface area contributed by atoms with Crippen LogP contribution in [-0.2, 0) is 16.1 Å². The number of carbonyl (C=O) groups is 2. The van der Waals surface area contributed by atoms with Gasteiger partial charge in [-0.2, -0.15) is 4.98 Å². The third kappa shape index (κ3) is 4.76. The number of rotatable bonds is 5. The maximum absolute atomic E-state index is 12.2. The second kappa shape index (κ2) is 8.06. The molecular weight excluding hydrogens is 340 g/mol. The first-order valence-corrected chi connectivity index (χ1v) is 9.07. The van der Waals surface area contributed by atoms with Gasteiger partial charge in [0.05, 0.1) is 6.54 Å². The van der Waals surface area contributed by atoms with E-state index in [4.69, 9.17) is 4.52 Å². The van der Waals surface area contributed by atoms with Crippen LogP contribution in [0.4, 0.5) is 0 Å². The second-order valence-corrected chi connectivity index (χ2v) is 6.88. The highest BCUT2D eigenvalue weighted by atomic mass is 32.1. The van der Waals surface area contributed by atoms with Gasteiger partial charge in [-0.15, -0.1) is 11.3 Å². The van der Waals surface area contributed by atoms with Gasteiger partial charge in [0, 0.05) is 30.0 Å². The summed E-state index contributed by atoms with van der Waals surface area (Å²) in [4.78, 5) is 31.3. The molecule has 0 spiro atoms. The number of nitrogens with one attached hydrogen (secondary N) is 1. The van der Waals surface area contributed by atoms with E-state index in [1.807, 2.05) is 23.6 Å². The molecule has 2 amide bonds. The van der Waals surface area contributed by atoms with Gasteiger partial charge in [0.1, 0.15) is 0 Å². The summed E-state index contributed by atoms with van der Waals surface area (Å²) in [6, 6.07) is 3.92. The lowest BCUT2D eigenvalue weighted by Crippen LogP contribution is -2.42. The van der Waals surface area contributed by atoms with Crippen LogP contribution in [0.15, 0.2) is 28.1 Å². The van der Waals surface area contributed by atoms with Crippen molar-refractivity contribution < 1.29 is 14.1 Å². The van der Waals surface area contributed by atoms with Gasteiger partial charge in [-0.3, -0.25) is 9.59 Å². The number of nitrogens with zero attached hydrogens (tertiary/aromatic N) is 3. The average molecular weight is 360 g/mol. The van der Waals surface area contributed by atoms with Crippen molar-refractivity contribution in [3.63, 3.8) is 0 Å². The fourth-order valence-corrected chi connectivity index (χ4v) is 3.34. The number of amides is 2. The molecule has 0 unspecified atom stereocenters. The van der Waals surface area contributed by atoms with Crippen molar-refractivity contribution in [2.45, 2.75) is 26.3 Å². The third-order valence-corrected chi connectivity index (χ3v) is 4.93. The van der Waals surface area contributed by atoms with Crippen LogP contribution in [0.1, 0.15) is 29.4 Å². The van der Waals surface area contributed by atoms with Crippen LogP contribution in [0.3, 0.4) is 0 Å². The number of aryl methyl sites for hydroxylation is 1. The SMILES string of the molecule is Cc1noc(CNC(=O)C2CCN(C(=O)C=Cc3cccs3)CC2)n1. The molecule has 0 radical (unpaired) electrons. The first-order valence-electron chi connectivity index (χ1n) is 8.19. The predicted octanol–water partition coefficient (Wildman–Crippen LogP) is 2.01. The van der Waals surface area contributed by atoms with Gasteiger partial charge in [-0.25, -0.2) is 0 Å². The van der Waals surface area contributed by atoms with Gasteiger partial charge >= 0.3 is 0 Å². The normalized spacial score (nSPS) is 15.6. The Bertz CT molecular complexity index is 746. The molecule has 0 saturated carbocycles. The van der Waals surface area contributed by atoms with E-state index in [0.29, 0.717) is 37.6 Å². The zero-order chi connectivity index (χ0) is 17.6. The van der Waals surface area contributed by atoms with Crippen LogP contribution in [-0.4, -0.2) is 39.9 Å². The Morgan fingerprint density at radius 3 is 2.88 bits per heavy atom. The van der Waals surface area contributed by atoms with Crippen molar-refractivity contribution in [2.24, 2.45) is 5.92 Å². The summed E-state index contributed by atoms with van der Waals surface area (Å²) >= 11 is 1.59. The van der Waals surface area contributed by atoms with Crippen molar-refractivity contribution in [3.05, 3.63) is 40.2 Å². The molecule has 1 saturated heterocycles. The van der Waals surface area contributed by atoms with Crippen LogP contribution < -0.4 is 5.32 Å². The van der Waals surface area contributed by atoms with E-state index >= 15 is 0 Å². The third-order valence-electron chi connectivity index (χ3n) is 4.09. The summed E-state index contributed by atoms with van der Waals surface area (Å²) in [5, 5.41) is 8.48. The zero-order valence-electron chi connectivity index (χ0n) is 14.0. The van der Waals surface area contributed by atoms with Crippen LogP contribution in [0.2, 0.25) is 0 Å². The molecule has 0 bridgehead atoms. The molecule has 3 heterocycles. The van der Waals surface area contributed by atoms with Crippen molar-refractivity contribution in [1.29, 1.82) is 0 Å². The Kier molecular flexibility index (Phi) is 5.60. The van der Waals surface area contributed by atoms with E-state index in [0.717, 1.165) is 4.88 Å². The standard InChI is InChI=1S/C17H20N4O3S/c1-12-19-15(24-20-12)11-18-17(23)13-6-8-21(9-7-13)16(22)5-4-14-3-2-10-25-14/h2-5,10,13H,6-9,11H2,1H3,(H,18,23). The summed E-state index contributed by atoms with van der Waals surface area (Å²) < 4.78 is 4.97. The van der Waals surface area contributed by atoms with Crippen LogP contribution >= 0.6 is 11.3 Å². The van der Waals surface area contributed by atoms with Crippen LogP contribution in [0, 0.1) is 12.8 Å². The Morgan fingerprint density at radius 1 is 1.44 bits per heavy atom. The van der Waals surface area contributed by atoms with Gasteiger partial charge < -0.3 is 14.7 Å². The summed E-state index contributed by atoms with van der Waals surface area (Å²) in [7, 11) is 0. The number of aromatic nitrogens is 2. The molecule has 0 aromatic carbocycles. The fraction of sp³-hybridized carbons (Fsp3) is 0.412.